The van der Waals surface area contributed by atoms with E-state index in [0.29, 0.717) is 12.8 Å². The van der Waals surface area contributed by atoms with Crippen LogP contribution in [0.4, 0.5) is 0 Å². The zero-order valence-corrected chi connectivity index (χ0v) is 19.9. The first-order valence-corrected chi connectivity index (χ1v) is 12.1. The SMILES string of the molecule is CC/C=C/C/C=C/C/C=C/C/C=C/C/C=C/CCCC(=O)n1cc(CC=O)c2ccccc21. The highest BCUT2D eigenvalue weighted by Gasteiger charge is 2.12. The van der Waals surface area contributed by atoms with Crippen molar-refractivity contribution in [3.63, 3.8) is 0 Å². The number of carbonyl (C=O) groups excluding carboxylic acids is 2. The fourth-order valence-corrected chi connectivity index (χ4v) is 3.57. The average Bonchev–Trinajstić information content (AvgIpc) is 3.20. The van der Waals surface area contributed by atoms with E-state index in [9.17, 15) is 9.59 Å². The number of aromatic nitrogens is 1. The van der Waals surface area contributed by atoms with Crippen LogP contribution in [-0.2, 0) is 11.2 Å². The Hall–Kier alpha value is -3.20. The number of aldehydes is 1. The third-order valence-electron chi connectivity index (χ3n) is 5.29. The molecular weight excluding hydrogens is 406 g/mol. The van der Waals surface area contributed by atoms with E-state index < -0.39 is 0 Å². The van der Waals surface area contributed by atoms with Crippen molar-refractivity contribution in [3.8, 4) is 0 Å². The normalized spacial score (nSPS) is 12.5. The molecule has 0 aliphatic carbocycles. The summed E-state index contributed by atoms with van der Waals surface area (Å²) in [6.07, 6.45) is 32.1. The molecule has 0 fully saturated rings. The van der Waals surface area contributed by atoms with Gasteiger partial charge in [-0.3, -0.25) is 9.36 Å². The summed E-state index contributed by atoms with van der Waals surface area (Å²) in [4.78, 5) is 23.6. The van der Waals surface area contributed by atoms with Gasteiger partial charge in [-0.05, 0) is 56.6 Å². The lowest BCUT2D eigenvalue weighted by Crippen LogP contribution is -2.08. The summed E-state index contributed by atoms with van der Waals surface area (Å²) in [6, 6.07) is 7.76. The minimum atomic E-state index is 0.0794. The van der Waals surface area contributed by atoms with E-state index >= 15 is 0 Å². The van der Waals surface area contributed by atoms with Gasteiger partial charge in [0.15, 0.2) is 0 Å². The van der Waals surface area contributed by atoms with Gasteiger partial charge in [-0.1, -0.05) is 85.9 Å². The van der Waals surface area contributed by atoms with E-state index in [0.717, 1.165) is 67.7 Å². The molecule has 0 aliphatic heterocycles. The van der Waals surface area contributed by atoms with Gasteiger partial charge in [0.25, 0.3) is 0 Å². The summed E-state index contributed by atoms with van der Waals surface area (Å²) in [5.74, 6) is 0.0794. The molecule has 0 N–H and O–H groups in total. The van der Waals surface area contributed by atoms with Crippen molar-refractivity contribution < 1.29 is 9.59 Å². The molecule has 0 aliphatic rings. The number of rotatable bonds is 15. The van der Waals surface area contributed by atoms with E-state index in [2.05, 4.69) is 67.7 Å². The number of hydrogen-bond acceptors (Lipinski definition) is 2. The summed E-state index contributed by atoms with van der Waals surface area (Å²) < 4.78 is 1.70. The molecule has 33 heavy (non-hydrogen) atoms. The van der Waals surface area contributed by atoms with Crippen LogP contribution in [0.15, 0.2) is 91.2 Å². The Morgan fingerprint density at radius 3 is 2.00 bits per heavy atom. The van der Waals surface area contributed by atoms with Gasteiger partial charge < -0.3 is 4.79 Å². The molecule has 2 rings (SSSR count). The molecule has 0 saturated heterocycles. The van der Waals surface area contributed by atoms with Crippen molar-refractivity contribution in [2.24, 2.45) is 0 Å². The van der Waals surface area contributed by atoms with Gasteiger partial charge in [0.2, 0.25) is 5.91 Å². The van der Waals surface area contributed by atoms with Crippen molar-refractivity contribution in [3.05, 3.63) is 96.8 Å². The lowest BCUT2D eigenvalue weighted by molar-refractivity contribution is -0.107. The van der Waals surface area contributed by atoms with Gasteiger partial charge in [-0.15, -0.1) is 0 Å². The second-order valence-electron chi connectivity index (χ2n) is 7.91. The number of carbonyl (C=O) groups is 2. The number of hydrogen-bond donors (Lipinski definition) is 0. The Balaban J connectivity index is 1.61. The van der Waals surface area contributed by atoms with E-state index in [4.69, 9.17) is 0 Å². The van der Waals surface area contributed by atoms with Gasteiger partial charge in [-0.25, -0.2) is 0 Å². The second-order valence-corrected chi connectivity index (χ2v) is 7.91. The highest BCUT2D eigenvalue weighted by atomic mass is 16.2. The first-order chi connectivity index (χ1) is 16.3. The Morgan fingerprint density at radius 1 is 0.818 bits per heavy atom. The molecule has 1 aromatic heterocycles. The molecule has 1 aromatic carbocycles. The molecule has 0 unspecified atom stereocenters. The molecule has 3 nitrogen and oxygen atoms in total. The summed E-state index contributed by atoms with van der Waals surface area (Å²) in [5, 5.41) is 0.982. The van der Waals surface area contributed by atoms with Crippen molar-refractivity contribution in [2.45, 2.75) is 64.7 Å². The fraction of sp³-hybridized carbons (Fsp3) is 0.333. The maximum absolute atomic E-state index is 12.7. The lowest BCUT2D eigenvalue weighted by atomic mass is 10.1. The lowest BCUT2D eigenvalue weighted by Gasteiger charge is -2.03. The standard InChI is InChI=1S/C30H37NO2/c1-2-3-4-5-6-7-8-9-10-11-12-13-14-15-16-17-18-23-30(33)31-26-27(24-25-32)28-21-19-20-22-29(28)31/h3-4,6-7,9-10,12-13,15-16,19-22,25-26H,2,5,8,11,14,17-18,23-24H2,1H3/b4-3+,7-6+,10-9+,13-12+,16-15+. The Kier molecular flexibility index (Phi) is 13.0. The maximum atomic E-state index is 12.7. The van der Waals surface area contributed by atoms with Crippen LogP contribution in [0.3, 0.4) is 0 Å². The molecule has 2 aromatic rings. The number of para-hydroxylation sites is 1. The van der Waals surface area contributed by atoms with Crippen molar-refractivity contribution in [1.29, 1.82) is 0 Å². The highest BCUT2D eigenvalue weighted by molar-refractivity contribution is 5.95. The largest absolute Gasteiger partial charge is 0.303 e. The van der Waals surface area contributed by atoms with Crippen LogP contribution in [0, 0.1) is 0 Å². The van der Waals surface area contributed by atoms with Crippen LogP contribution in [-0.4, -0.2) is 16.8 Å². The summed E-state index contributed by atoms with van der Waals surface area (Å²) in [6.45, 7) is 2.15. The Morgan fingerprint density at radius 2 is 1.39 bits per heavy atom. The summed E-state index contributed by atoms with van der Waals surface area (Å²) >= 11 is 0. The van der Waals surface area contributed by atoms with Gasteiger partial charge >= 0.3 is 0 Å². The van der Waals surface area contributed by atoms with E-state index in [1.807, 2.05) is 30.5 Å². The van der Waals surface area contributed by atoms with Crippen molar-refractivity contribution >= 4 is 23.1 Å². The summed E-state index contributed by atoms with van der Waals surface area (Å²) in [7, 11) is 0. The minimum absolute atomic E-state index is 0.0794. The van der Waals surface area contributed by atoms with E-state index in [1.54, 1.807) is 4.57 Å². The first-order valence-electron chi connectivity index (χ1n) is 12.1. The quantitative estimate of drug-likeness (QED) is 0.159. The average molecular weight is 444 g/mol. The van der Waals surface area contributed by atoms with Crippen LogP contribution in [0.2, 0.25) is 0 Å². The highest BCUT2D eigenvalue weighted by Crippen LogP contribution is 2.22. The molecular formula is C30H37NO2. The number of nitrogens with zero attached hydrogens (tertiary/aromatic N) is 1. The predicted octanol–water partition coefficient (Wildman–Crippen LogP) is 7.94. The van der Waals surface area contributed by atoms with Gasteiger partial charge in [-0.2, -0.15) is 0 Å². The molecule has 0 bridgehead atoms. The Labute approximate surface area is 198 Å². The number of unbranched alkanes of at least 4 members (excludes halogenated alkanes) is 1. The zero-order valence-electron chi connectivity index (χ0n) is 19.9. The molecule has 3 heteroatoms. The van der Waals surface area contributed by atoms with Gasteiger partial charge in [0.05, 0.1) is 5.52 Å². The molecule has 1 heterocycles. The molecule has 0 spiro atoms. The van der Waals surface area contributed by atoms with Crippen LogP contribution in [0.5, 0.6) is 0 Å². The van der Waals surface area contributed by atoms with Crippen molar-refractivity contribution in [2.75, 3.05) is 0 Å². The van der Waals surface area contributed by atoms with Crippen LogP contribution in [0.1, 0.15) is 68.6 Å². The molecule has 0 saturated carbocycles. The predicted molar refractivity (Wildman–Crippen MR) is 141 cm³/mol. The number of allylic oxidation sites excluding steroid dienone is 10. The van der Waals surface area contributed by atoms with E-state index in [1.165, 1.54) is 0 Å². The topological polar surface area (TPSA) is 39.1 Å². The van der Waals surface area contributed by atoms with Crippen LogP contribution >= 0.6 is 0 Å². The first kappa shape index (κ1) is 26.1. The molecule has 174 valence electrons. The van der Waals surface area contributed by atoms with Crippen LogP contribution < -0.4 is 0 Å². The zero-order chi connectivity index (χ0) is 23.6. The third-order valence-corrected chi connectivity index (χ3v) is 5.29. The van der Waals surface area contributed by atoms with Crippen LogP contribution in [0.25, 0.3) is 10.9 Å². The van der Waals surface area contributed by atoms with Gasteiger partial charge in [0.1, 0.15) is 6.29 Å². The molecule has 0 atom stereocenters. The minimum Gasteiger partial charge on any atom is -0.303 e. The molecule has 0 amide bonds. The summed E-state index contributed by atoms with van der Waals surface area (Å²) in [5.41, 5.74) is 1.79. The second kappa shape index (κ2) is 16.4. The molecule has 0 radical (unpaired) electrons. The number of fused-ring (bicyclic) bond motifs is 1. The van der Waals surface area contributed by atoms with E-state index in [-0.39, 0.29) is 5.91 Å². The monoisotopic (exact) mass is 443 g/mol. The third kappa shape index (κ3) is 9.86. The smallest absolute Gasteiger partial charge is 0.231 e. The van der Waals surface area contributed by atoms with Gasteiger partial charge in [0, 0.05) is 24.4 Å². The maximum Gasteiger partial charge on any atom is 0.231 e. The number of benzene rings is 1. The van der Waals surface area contributed by atoms with Crippen molar-refractivity contribution in [1.82, 2.24) is 4.57 Å². The fourth-order valence-electron chi connectivity index (χ4n) is 3.57. The Bertz CT molecular complexity index is 1000.